The van der Waals surface area contributed by atoms with Crippen LogP contribution in [0.3, 0.4) is 0 Å². The van der Waals surface area contributed by atoms with E-state index < -0.39 is 24.4 Å². The lowest BCUT2D eigenvalue weighted by Crippen LogP contribution is -2.46. The van der Waals surface area contributed by atoms with Crippen molar-refractivity contribution in [3.63, 3.8) is 0 Å². The number of nitrogens with zero attached hydrogens (tertiary/aromatic N) is 2. The second-order valence-corrected chi connectivity index (χ2v) is 7.98. The molecule has 0 fully saturated rings. The molecule has 2 aliphatic rings. The van der Waals surface area contributed by atoms with Crippen LogP contribution in [-0.2, 0) is 12.8 Å². The van der Waals surface area contributed by atoms with Crippen LogP contribution in [0.15, 0.2) is 41.7 Å². The van der Waals surface area contributed by atoms with Gasteiger partial charge in [-0.25, -0.2) is 8.78 Å². The molecule has 0 radical (unpaired) electrons. The number of aliphatic hydroxyl groups is 2. The van der Waals surface area contributed by atoms with Gasteiger partial charge < -0.3 is 19.7 Å². The second kappa shape index (κ2) is 9.15. The number of aryl methyl sites for hydroxylation is 2. The van der Waals surface area contributed by atoms with Crippen LogP contribution in [0.1, 0.15) is 24.0 Å². The molecule has 166 valence electrons. The smallest absolute Gasteiger partial charge is 0.127 e. The molecule has 2 aliphatic heterocycles. The van der Waals surface area contributed by atoms with Crippen molar-refractivity contribution in [3.05, 3.63) is 64.1 Å². The lowest BCUT2D eigenvalue weighted by molar-refractivity contribution is -0.0275. The molecule has 0 amide bonds. The molecule has 2 N–H and O–H groups in total. The number of aliphatic hydroxyl groups excluding tert-OH is 2. The Balaban J connectivity index is 1.32. The average molecular weight is 434 g/mol. The number of ether oxygens (including phenoxy) is 2. The molecule has 0 bridgehead atoms. The van der Waals surface area contributed by atoms with E-state index in [1.54, 1.807) is 0 Å². The van der Waals surface area contributed by atoms with Gasteiger partial charge in [0.15, 0.2) is 0 Å². The molecule has 2 aromatic rings. The van der Waals surface area contributed by atoms with Crippen molar-refractivity contribution in [2.45, 2.75) is 50.1 Å². The molecule has 4 atom stereocenters. The number of hydrogen-bond acceptors (Lipinski definition) is 6. The van der Waals surface area contributed by atoms with E-state index in [-0.39, 0.29) is 24.7 Å². The molecule has 4 rings (SSSR count). The Morgan fingerprint density at radius 2 is 1.35 bits per heavy atom. The van der Waals surface area contributed by atoms with Gasteiger partial charge in [0.05, 0.1) is 18.4 Å². The van der Waals surface area contributed by atoms with E-state index in [4.69, 9.17) is 9.47 Å². The van der Waals surface area contributed by atoms with E-state index in [0.717, 1.165) is 16.1 Å². The Kier molecular flexibility index (Phi) is 6.33. The predicted octanol–water partition coefficient (Wildman–Crippen LogP) is 2.76. The Morgan fingerprint density at radius 3 is 1.77 bits per heavy atom. The summed E-state index contributed by atoms with van der Waals surface area (Å²) in [7, 11) is 0. The zero-order valence-electron chi connectivity index (χ0n) is 16.8. The third-order valence-electron chi connectivity index (χ3n) is 5.77. The lowest BCUT2D eigenvalue weighted by atomic mass is 9.98. The first-order valence-electron chi connectivity index (χ1n) is 10.3. The summed E-state index contributed by atoms with van der Waals surface area (Å²) in [5, 5.41) is 25.1. The van der Waals surface area contributed by atoms with E-state index >= 15 is 0 Å². The summed E-state index contributed by atoms with van der Waals surface area (Å²) in [5.74, 6) is 0.329. The zero-order chi connectivity index (χ0) is 22.0. The van der Waals surface area contributed by atoms with Gasteiger partial charge in [-0.05, 0) is 73.2 Å². The zero-order valence-corrected chi connectivity index (χ0v) is 16.8. The van der Waals surface area contributed by atoms with Crippen LogP contribution in [-0.4, -0.2) is 52.7 Å². The highest BCUT2D eigenvalue weighted by Gasteiger charge is 2.32. The van der Waals surface area contributed by atoms with Gasteiger partial charge in [-0.15, -0.1) is 4.91 Å². The molecule has 0 unspecified atom stereocenters. The van der Waals surface area contributed by atoms with Crippen molar-refractivity contribution in [3.8, 4) is 11.5 Å². The minimum Gasteiger partial charge on any atom is -0.487 e. The predicted molar refractivity (Wildman–Crippen MR) is 108 cm³/mol. The van der Waals surface area contributed by atoms with Crippen LogP contribution in [0.4, 0.5) is 8.78 Å². The summed E-state index contributed by atoms with van der Waals surface area (Å²) >= 11 is 0. The van der Waals surface area contributed by atoms with Crippen LogP contribution in [0.2, 0.25) is 0 Å². The quantitative estimate of drug-likeness (QED) is 0.514. The summed E-state index contributed by atoms with van der Waals surface area (Å²) in [4.78, 5) is 11.3. The van der Waals surface area contributed by atoms with Crippen LogP contribution >= 0.6 is 0 Å². The van der Waals surface area contributed by atoms with Crippen molar-refractivity contribution < 1.29 is 28.5 Å². The molecule has 31 heavy (non-hydrogen) atoms. The van der Waals surface area contributed by atoms with Gasteiger partial charge in [-0.1, -0.05) is 0 Å². The number of fused-ring (bicyclic) bond motifs is 2. The van der Waals surface area contributed by atoms with Crippen LogP contribution in [0.5, 0.6) is 11.5 Å². The molecule has 0 saturated carbocycles. The molecule has 2 heterocycles. The van der Waals surface area contributed by atoms with E-state index in [1.165, 1.54) is 36.4 Å². The number of benzene rings is 2. The van der Waals surface area contributed by atoms with E-state index in [2.05, 4.69) is 5.29 Å². The van der Waals surface area contributed by atoms with Crippen LogP contribution in [0.25, 0.3) is 0 Å². The van der Waals surface area contributed by atoms with Crippen molar-refractivity contribution in [1.29, 1.82) is 0 Å². The first kappa shape index (κ1) is 21.5. The first-order chi connectivity index (χ1) is 14.9. The Hall–Kier alpha value is -2.78. The number of rotatable bonds is 7. The topological polar surface area (TPSA) is 91.6 Å². The van der Waals surface area contributed by atoms with Crippen molar-refractivity contribution in [2.24, 2.45) is 5.29 Å². The minimum atomic E-state index is -1.03. The monoisotopic (exact) mass is 434 g/mol. The Morgan fingerprint density at radius 1 is 0.903 bits per heavy atom. The fourth-order valence-corrected chi connectivity index (χ4v) is 4.11. The van der Waals surface area contributed by atoms with Gasteiger partial charge in [-0.3, -0.25) is 5.01 Å². The van der Waals surface area contributed by atoms with Gasteiger partial charge in [0.25, 0.3) is 0 Å². The fraction of sp³-hybridized carbons (Fsp3) is 0.455. The molecule has 7 nitrogen and oxygen atoms in total. The third kappa shape index (κ3) is 4.94. The minimum absolute atomic E-state index is 0.129. The molecule has 0 saturated heterocycles. The summed E-state index contributed by atoms with van der Waals surface area (Å²) in [6.07, 6.45) is -1.20. The highest BCUT2D eigenvalue weighted by molar-refractivity contribution is 5.36. The average Bonchev–Trinajstić information content (AvgIpc) is 2.77. The maximum absolute atomic E-state index is 13.3. The molecule has 0 spiro atoms. The largest absolute Gasteiger partial charge is 0.487 e. The van der Waals surface area contributed by atoms with E-state index in [9.17, 15) is 23.9 Å². The van der Waals surface area contributed by atoms with Gasteiger partial charge in [0.1, 0.15) is 47.5 Å². The van der Waals surface area contributed by atoms with Crippen molar-refractivity contribution >= 4 is 0 Å². The summed E-state index contributed by atoms with van der Waals surface area (Å²) in [6, 6.07) is 8.44. The first-order valence-corrected chi connectivity index (χ1v) is 10.3. The maximum Gasteiger partial charge on any atom is 0.127 e. The summed E-state index contributed by atoms with van der Waals surface area (Å²) < 4.78 is 38.2. The van der Waals surface area contributed by atoms with Gasteiger partial charge in [0, 0.05) is 0 Å². The number of hydrogen-bond donors (Lipinski definition) is 2. The van der Waals surface area contributed by atoms with Crippen LogP contribution in [0, 0.1) is 16.5 Å². The highest BCUT2D eigenvalue weighted by Crippen LogP contribution is 2.31. The number of halogens is 2. The van der Waals surface area contributed by atoms with E-state index in [1.807, 2.05) is 0 Å². The maximum atomic E-state index is 13.3. The standard InChI is InChI=1S/C22H24F2N2O5/c23-15-3-7-19-13(9-15)1-5-21(30-19)17(27)11-26(25-29)12-18(28)22-6-2-14-10-16(24)4-8-20(14)31-22/h3-4,7-10,17-18,21-22,27-28H,1-2,5-6,11-12H2/t17-,18+,21-,22+. The van der Waals surface area contributed by atoms with Crippen LogP contribution < -0.4 is 9.47 Å². The Bertz CT molecular complexity index is 873. The SMILES string of the molecule is O=NN(C[C@@H](O)[C@H]1CCc2cc(F)ccc2O1)C[C@H](O)[C@@H]1CCc2cc(F)ccc2O1. The summed E-state index contributed by atoms with van der Waals surface area (Å²) in [5.41, 5.74) is 1.47. The van der Waals surface area contributed by atoms with Crippen molar-refractivity contribution in [2.75, 3.05) is 13.1 Å². The normalized spacial score (nSPS) is 21.7. The molecular formula is C22H24F2N2O5. The van der Waals surface area contributed by atoms with Crippen molar-refractivity contribution in [1.82, 2.24) is 5.01 Å². The second-order valence-electron chi connectivity index (χ2n) is 7.98. The molecule has 0 aliphatic carbocycles. The Labute approximate surface area is 178 Å². The van der Waals surface area contributed by atoms with Gasteiger partial charge in [-0.2, -0.15) is 0 Å². The summed E-state index contributed by atoms with van der Waals surface area (Å²) in [6.45, 7) is -0.257. The van der Waals surface area contributed by atoms with E-state index in [0.29, 0.717) is 37.2 Å². The molecule has 0 aromatic heterocycles. The molecule has 9 heteroatoms. The molecule has 2 aromatic carbocycles. The van der Waals surface area contributed by atoms with Gasteiger partial charge >= 0.3 is 0 Å². The fourth-order valence-electron chi connectivity index (χ4n) is 4.11. The third-order valence-corrected chi connectivity index (χ3v) is 5.77. The van der Waals surface area contributed by atoms with Gasteiger partial charge in [0.2, 0.25) is 0 Å². The number of nitroso groups, excluding NO2 is 1. The molecular weight excluding hydrogens is 410 g/mol. The highest BCUT2D eigenvalue weighted by atomic mass is 19.1. The lowest BCUT2D eigenvalue weighted by Gasteiger charge is -2.33.